The lowest BCUT2D eigenvalue weighted by Crippen LogP contribution is -1.90. The SMILES string of the molecule is COc1cccc(Cl)c1-c1cccc(Br)c1S. The van der Waals surface area contributed by atoms with Gasteiger partial charge < -0.3 is 4.74 Å². The number of hydrogen-bond acceptors (Lipinski definition) is 2. The summed E-state index contributed by atoms with van der Waals surface area (Å²) >= 11 is 14.2. The molecule has 2 aromatic carbocycles. The van der Waals surface area contributed by atoms with Crippen LogP contribution in [0.1, 0.15) is 0 Å². The lowest BCUT2D eigenvalue weighted by molar-refractivity contribution is 0.416. The van der Waals surface area contributed by atoms with E-state index in [9.17, 15) is 0 Å². The Bertz CT molecular complexity index is 557. The van der Waals surface area contributed by atoms with E-state index in [1.54, 1.807) is 7.11 Å². The molecule has 2 rings (SSSR count). The molecule has 0 amide bonds. The maximum Gasteiger partial charge on any atom is 0.128 e. The molecule has 0 unspecified atom stereocenters. The van der Waals surface area contributed by atoms with Crippen LogP contribution in [0, 0.1) is 0 Å². The summed E-state index contributed by atoms with van der Waals surface area (Å²) in [5.74, 6) is 0.742. The van der Waals surface area contributed by atoms with Gasteiger partial charge in [-0.3, -0.25) is 0 Å². The van der Waals surface area contributed by atoms with Gasteiger partial charge in [-0.1, -0.05) is 29.8 Å². The molecule has 88 valence electrons. The van der Waals surface area contributed by atoms with Crippen LogP contribution in [0.2, 0.25) is 5.02 Å². The minimum atomic E-state index is 0.651. The molecule has 4 heteroatoms. The molecule has 0 aliphatic heterocycles. The van der Waals surface area contributed by atoms with Gasteiger partial charge in [0, 0.05) is 20.5 Å². The van der Waals surface area contributed by atoms with E-state index in [4.69, 9.17) is 16.3 Å². The van der Waals surface area contributed by atoms with E-state index in [1.165, 1.54) is 0 Å². The van der Waals surface area contributed by atoms with E-state index in [0.717, 1.165) is 26.2 Å². The second kappa shape index (κ2) is 5.34. The van der Waals surface area contributed by atoms with Crippen LogP contribution in [-0.4, -0.2) is 7.11 Å². The Morgan fingerprint density at radius 2 is 1.88 bits per heavy atom. The zero-order valence-corrected chi connectivity index (χ0v) is 12.3. The molecule has 1 nitrogen and oxygen atoms in total. The van der Waals surface area contributed by atoms with Gasteiger partial charge in [-0.2, -0.15) is 0 Å². The smallest absolute Gasteiger partial charge is 0.128 e. The lowest BCUT2D eigenvalue weighted by atomic mass is 10.0. The third kappa shape index (κ3) is 2.46. The third-order valence-electron chi connectivity index (χ3n) is 2.45. The molecular weight excluding hydrogens is 320 g/mol. The summed E-state index contributed by atoms with van der Waals surface area (Å²) in [7, 11) is 1.63. The fourth-order valence-corrected chi connectivity index (χ4v) is 2.55. The van der Waals surface area contributed by atoms with Crippen LogP contribution in [0.5, 0.6) is 5.75 Å². The van der Waals surface area contributed by atoms with Crippen molar-refractivity contribution < 1.29 is 4.74 Å². The molecule has 0 aliphatic rings. The monoisotopic (exact) mass is 328 g/mol. The first kappa shape index (κ1) is 12.8. The summed E-state index contributed by atoms with van der Waals surface area (Å²) in [4.78, 5) is 0.846. The number of ether oxygens (including phenoxy) is 1. The van der Waals surface area contributed by atoms with Crippen LogP contribution < -0.4 is 4.74 Å². The van der Waals surface area contributed by atoms with Crippen LogP contribution >= 0.6 is 40.2 Å². The molecule has 0 saturated heterocycles. The maximum absolute atomic E-state index is 6.24. The second-order valence-corrected chi connectivity index (χ2v) is 5.16. The molecule has 0 saturated carbocycles. The van der Waals surface area contributed by atoms with Gasteiger partial charge in [0.2, 0.25) is 0 Å². The lowest BCUT2D eigenvalue weighted by Gasteiger charge is -2.13. The van der Waals surface area contributed by atoms with E-state index < -0.39 is 0 Å². The standard InChI is InChI=1S/C13H10BrClOS/c1-16-11-7-3-6-10(15)12(11)8-4-2-5-9(14)13(8)17/h2-7,17H,1H3. The predicted molar refractivity (Wildman–Crippen MR) is 78.4 cm³/mol. The first-order valence-electron chi connectivity index (χ1n) is 4.95. The summed E-state index contributed by atoms with van der Waals surface area (Å²) in [6, 6.07) is 11.4. The Hall–Kier alpha value is -0.640. The van der Waals surface area contributed by atoms with Crippen LogP contribution in [0.4, 0.5) is 0 Å². The normalized spacial score (nSPS) is 10.4. The van der Waals surface area contributed by atoms with Crippen molar-refractivity contribution in [3.05, 3.63) is 45.9 Å². The number of halogens is 2. The van der Waals surface area contributed by atoms with Gasteiger partial charge in [-0.25, -0.2) is 0 Å². The van der Waals surface area contributed by atoms with E-state index >= 15 is 0 Å². The van der Waals surface area contributed by atoms with E-state index in [0.29, 0.717) is 5.02 Å². The molecule has 0 bridgehead atoms. The summed E-state index contributed by atoms with van der Waals surface area (Å²) in [6.07, 6.45) is 0. The molecule has 0 heterocycles. The van der Waals surface area contributed by atoms with Gasteiger partial charge in [0.25, 0.3) is 0 Å². The van der Waals surface area contributed by atoms with Gasteiger partial charge in [0.05, 0.1) is 12.1 Å². The van der Waals surface area contributed by atoms with Crippen LogP contribution in [0.3, 0.4) is 0 Å². The van der Waals surface area contributed by atoms with Crippen molar-refractivity contribution in [2.75, 3.05) is 7.11 Å². The molecule has 0 aliphatic carbocycles. The first-order chi connectivity index (χ1) is 8.15. The number of benzene rings is 2. The van der Waals surface area contributed by atoms with Crippen molar-refractivity contribution in [2.24, 2.45) is 0 Å². The van der Waals surface area contributed by atoms with Gasteiger partial charge in [-0.05, 0) is 34.1 Å². The molecular formula is C13H10BrClOS. The molecule has 2 aromatic rings. The fourth-order valence-electron chi connectivity index (χ4n) is 1.65. The highest BCUT2D eigenvalue weighted by Crippen LogP contribution is 2.41. The van der Waals surface area contributed by atoms with Crippen molar-refractivity contribution in [1.82, 2.24) is 0 Å². The van der Waals surface area contributed by atoms with Crippen LogP contribution in [-0.2, 0) is 0 Å². The summed E-state index contributed by atoms with van der Waals surface area (Å²) in [5.41, 5.74) is 1.81. The zero-order valence-electron chi connectivity index (χ0n) is 9.08. The Labute approximate surface area is 119 Å². The van der Waals surface area contributed by atoms with Crippen molar-refractivity contribution in [1.29, 1.82) is 0 Å². The molecule has 0 atom stereocenters. The van der Waals surface area contributed by atoms with Crippen molar-refractivity contribution >= 4 is 40.2 Å². The molecule has 0 N–H and O–H groups in total. The quantitative estimate of drug-likeness (QED) is 0.757. The molecule has 17 heavy (non-hydrogen) atoms. The first-order valence-corrected chi connectivity index (χ1v) is 6.57. The average molecular weight is 330 g/mol. The highest BCUT2D eigenvalue weighted by atomic mass is 79.9. The average Bonchev–Trinajstić information content (AvgIpc) is 2.33. The number of thiol groups is 1. The van der Waals surface area contributed by atoms with Crippen LogP contribution in [0.15, 0.2) is 45.8 Å². The fraction of sp³-hybridized carbons (Fsp3) is 0.0769. The van der Waals surface area contributed by atoms with Crippen LogP contribution in [0.25, 0.3) is 11.1 Å². The maximum atomic E-state index is 6.24. The van der Waals surface area contributed by atoms with E-state index in [1.807, 2.05) is 36.4 Å². The Kier molecular flexibility index (Phi) is 4.02. The Morgan fingerprint density at radius 3 is 2.59 bits per heavy atom. The highest BCUT2D eigenvalue weighted by molar-refractivity contribution is 9.10. The largest absolute Gasteiger partial charge is 0.496 e. The summed E-state index contributed by atoms with van der Waals surface area (Å²) in [6.45, 7) is 0. The number of methoxy groups -OCH3 is 1. The van der Waals surface area contributed by atoms with E-state index in [-0.39, 0.29) is 0 Å². The van der Waals surface area contributed by atoms with Crippen molar-refractivity contribution in [3.8, 4) is 16.9 Å². The van der Waals surface area contributed by atoms with Crippen molar-refractivity contribution in [2.45, 2.75) is 4.90 Å². The van der Waals surface area contributed by atoms with Crippen molar-refractivity contribution in [3.63, 3.8) is 0 Å². The molecule has 0 radical (unpaired) electrons. The van der Waals surface area contributed by atoms with Gasteiger partial charge in [0.1, 0.15) is 5.75 Å². The van der Waals surface area contributed by atoms with Gasteiger partial charge in [0.15, 0.2) is 0 Å². The molecule has 0 aromatic heterocycles. The van der Waals surface area contributed by atoms with Gasteiger partial charge in [-0.15, -0.1) is 12.6 Å². The minimum Gasteiger partial charge on any atom is -0.496 e. The third-order valence-corrected chi connectivity index (χ3v) is 4.22. The number of hydrogen-bond donors (Lipinski definition) is 1. The Balaban J connectivity index is 2.72. The zero-order chi connectivity index (χ0) is 12.4. The summed E-state index contributed by atoms with van der Waals surface area (Å²) in [5, 5.41) is 0.651. The highest BCUT2D eigenvalue weighted by Gasteiger charge is 2.13. The Morgan fingerprint density at radius 1 is 1.18 bits per heavy atom. The minimum absolute atomic E-state index is 0.651. The topological polar surface area (TPSA) is 9.23 Å². The van der Waals surface area contributed by atoms with E-state index in [2.05, 4.69) is 28.6 Å². The molecule has 0 spiro atoms. The second-order valence-electron chi connectivity index (χ2n) is 3.45. The van der Waals surface area contributed by atoms with Gasteiger partial charge >= 0.3 is 0 Å². The summed E-state index contributed by atoms with van der Waals surface area (Å²) < 4.78 is 6.27. The molecule has 0 fully saturated rings. The number of rotatable bonds is 2. The predicted octanol–water partition coefficient (Wildman–Crippen LogP) is 5.07.